The molecule has 18 heavy (non-hydrogen) atoms. The second-order valence-corrected chi connectivity index (χ2v) is 7.84. The lowest BCUT2D eigenvalue weighted by atomic mass is 10.3. The summed E-state index contributed by atoms with van der Waals surface area (Å²) in [5, 5.41) is 0.491. The molecule has 1 aliphatic heterocycles. The molecule has 0 spiro atoms. The van der Waals surface area contributed by atoms with Crippen LogP contribution in [0.5, 0.6) is 0 Å². The summed E-state index contributed by atoms with van der Waals surface area (Å²) in [5.74, 6) is 0.822. The van der Waals surface area contributed by atoms with Crippen molar-refractivity contribution < 1.29 is 8.42 Å². The maximum atomic E-state index is 12.4. The second-order valence-electron chi connectivity index (χ2n) is 4.22. The molecule has 0 bridgehead atoms. The highest BCUT2D eigenvalue weighted by Crippen LogP contribution is 2.28. The fraction of sp³-hybridized carbons (Fsp3) is 0.700. The summed E-state index contributed by atoms with van der Waals surface area (Å²) >= 11 is 7.80. The zero-order chi connectivity index (χ0) is 13.3. The summed E-state index contributed by atoms with van der Waals surface area (Å²) in [7, 11) is -1.88. The van der Waals surface area contributed by atoms with Gasteiger partial charge >= 0.3 is 0 Å². The highest BCUT2D eigenvalue weighted by Gasteiger charge is 2.33. The lowest BCUT2D eigenvalue weighted by Gasteiger charge is -2.30. The first-order valence-corrected chi connectivity index (χ1v) is 8.62. The van der Waals surface area contributed by atoms with Crippen LogP contribution in [-0.4, -0.2) is 46.4 Å². The topological polar surface area (TPSA) is 55.2 Å². The van der Waals surface area contributed by atoms with Crippen LogP contribution in [0.4, 0.5) is 0 Å². The van der Waals surface area contributed by atoms with Gasteiger partial charge in [0.1, 0.15) is 5.15 Å². The van der Waals surface area contributed by atoms with Crippen LogP contribution in [-0.2, 0) is 17.1 Å². The number of nitrogens with zero attached hydrogens (tertiary/aromatic N) is 3. The molecule has 8 heteroatoms. The van der Waals surface area contributed by atoms with Crippen LogP contribution in [0, 0.1) is 0 Å². The summed E-state index contributed by atoms with van der Waals surface area (Å²) in [6.45, 7) is 3.13. The van der Waals surface area contributed by atoms with Crippen molar-refractivity contribution in [3.8, 4) is 0 Å². The molecular weight excluding hydrogens is 294 g/mol. The van der Waals surface area contributed by atoms with Crippen LogP contribution in [0.15, 0.2) is 11.4 Å². The quantitative estimate of drug-likeness (QED) is 0.851. The molecule has 0 aromatic carbocycles. The van der Waals surface area contributed by atoms with Crippen molar-refractivity contribution in [2.75, 3.05) is 18.8 Å². The zero-order valence-corrected chi connectivity index (χ0v) is 12.7. The highest BCUT2D eigenvalue weighted by atomic mass is 35.5. The van der Waals surface area contributed by atoms with Gasteiger partial charge in [-0.2, -0.15) is 16.1 Å². The molecule has 1 aromatic heterocycles. The number of rotatable bonds is 3. The SMILES string of the molecule is CCC1CN(S(=O)(=O)c2ncn(C)c2Cl)CCS1. The van der Waals surface area contributed by atoms with Crippen molar-refractivity contribution in [2.45, 2.75) is 23.6 Å². The Kier molecular flexibility index (Phi) is 4.25. The van der Waals surface area contributed by atoms with Gasteiger partial charge < -0.3 is 4.57 Å². The van der Waals surface area contributed by atoms with Gasteiger partial charge in [0.25, 0.3) is 10.0 Å². The lowest BCUT2D eigenvalue weighted by Crippen LogP contribution is -2.41. The van der Waals surface area contributed by atoms with E-state index in [9.17, 15) is 8.42 Å². The summed E-state index contributed by atoms with van der Waals surface area (Å²) in [4.78, 5) is 3.91. The lowest BCUT2D eigenvalue weighted by molar-refractivity contribution is 0.414. The Bertz CT molecular complexity index is 529. The highest BCUT2D eigenvalue weighted by molar-refractivity contribution is 8.00. The minimum Gasteiger partial charge on any atom is -0.324 e. The standard InChI is InChI=1S/C10H16ClN3O2S2/c1-3-8-6-14(4-5-17-8)18(15,16)10-9(11)13(2)7-12-10/h7-8H,3-6H2,1-2H3. The molecule has 102 valence electrons. The van der Waals surface area contributed by atoms with E-state index in [1.807, 2.05) is 11.8 Å². The molecule has 1 aromatic rings. The number of hydrogen-bond acceptors (Lipinski definition) is 4. The van der Waals surface area contributed by atoms with Crippen LogP contribution in [0.3, 0.4) is 0 Å². The van der Waals surface area contributed by atoms with E-state index in [-0.39, 0.29) is 10.2 Å². The van der Waals surface area contributed by atoms with Crippen molar-refractivity contribution in [3.05, 3.63) is 11.5 Å². The predicted molar refractivity (Wildman–Crippen MR) is 73.5 cm³/mol. The monoisotopic (exact) mass is 309 g/mol. The van der Waals surface area contributed by atoms with Gasteiger partial charge in [-0.1, -0.05) is 18.5 Å². The van der Waals surface area contributed by atoms with Crippen LogP contribution in [0.25, 0.3) is 0 Å². The first kappa shape index (κ1) is 14.2. The second kappa shape index (κ2) is 5.40. The Morgan fingerprint density at radius 3 is 2.89 bits per heavy atom. The molecule has 1 aliphatic rings. The summed E-state index contributed by atoms with van der Waals surface area (Å²) in [6.07, 6.45) is 2.39. The zero-order valence-electron chi connectivity index (χ0n) is 10.3. The normalized spacial score (nSPS) is 22.3. The van der Waals surface area contributed by atoms with E-state index in [0.29, 0.717) is 18.3 Å². The van der Waals surface area contributed by atoms with E-state index in [1.54, 1.807) is 7.05 Å². The minimum atomic E-state index is -3.56. The van der Waals surface area contributed by atoms with E-state index in [0.717, 1.165) is 12.2 Å². The third-order valence-corrected chi connectivity index (χ3v) is 6.70. The van der Waals surface area contributed by atoms with E-state index in [2.05, 4.69) is 11.9 Å². The molecule has 0 aliphatic carbocycles. The summed E-state index contributed by atoms with van der Waals surface area (Å²) in [5.41, 5.74) is 0. The molecular formula is C10H16ClN3O2S2. The average Bonchev–Trinajstić information content (AvgIpc) is 2.70. The van der Waals surface area contributed by atoms with E-state index >= 15 is 0 Å². The van der Waals surface area contributed by atoms with Crippen LogP contribution in [0.1, 0.15) is 13.3 Å². The van der Waals surface area contributed by atoms with Gasteiger partial charge in [0, 0.05) is 31.1 Å². The maximum absolute atomic E-state index is 12.4. The van der Waals surface area contributed by atoms with Crippen molar-refractivity contribution in [1.29, 1.82) is 0 Å². The van der Waals surface area contributed by atoms with Gasteiger partial charge in [0.15, 0.2) is 0 Å². The molecule has 0 radical (unpaired) electrons. The van der Waals surface area contributed by atoms with Crippen LogP contribution < -0.4 is 0 Å². The predicted octanol–water partition coefficient (Wildman–Crippen LogP) is 1.59. The molecule has 0 N–H and O–H groups in total. The first-order valence-electron chi connectivity index (χ1n) is 5.75. The van der Waals surface area contributed by atoms with Gasteiger partial charge in [-0.05, 0) is 6.42 Å². The van der Waals surface area contributed by atoms with Crippen molar-refractivity contribution in [3.63, 3.8) is 0 Å². The first-order chi connectivity index (χ1) is 8.46. The van der Waals surface area contributed by atoms with Gasteiger partial charge in [-0.25, -0.2) is 13.4 Å². The van der Waals surface area contributed by atoms with Gasteiger partial charge in [-0.15, -0.1) is 0 Å². The molecule has 0 amide bonds. The smallest absolute Gasteiger partial charge is 0.263 e. The average molecular weight is 310 g/mol. The third kappa shape index (κ3) is 2.54. The molecule has 1 unspecified atom stereocenters. The minimum absolute atomic E-state index is 0.0339. The molecule has 2 rings (SSSR count). The van der Waals surface area contributed by atoms with Crippen molar-refractivity contribution >= 4 is 33.4 Å². The van der Waals surface area contributed by atoms with Crippen LogP contribution in [0.2, 0.25) is 5.15 Å². The summed E-state index contributed by atoms with van der Waals surface area (Å²) in [6, 6.07) is 0. The fourth-order valence-corrected chi connectivity index (χ4v) is 5.11. The maximum Gasteiger partial charge on any atom is 0.263 e. The Labute approximate surface area is 117 Å². The Morgan fingerprint density at radius 2 is 2.33 bits per heavy atom. The van der Waals surface area contributed by atoms with Gasteiger partial charge in [0.2, 0.25) is 5.03 Å². The number of sulfonamides is 1. The number of aryl methyl sites for hydroxylation is 1. The molecule has 2 heterocycles. The Balaban J connectivity index is 2.28. The largest absolute Gasteiger partial charge is 0.324 e. The Hall–Kier alpha value is -0.240. The van der Waals surface area contributed by atoms with Crippen molar-refractivity contribution in [1.82, 2.24) is 13.9 Å². The van der Waals surface area contributed by atoms with Crippen LogP contribution >= 0.6 is 23.4 Å². The number of imidazole rings is 1. The molecule has 1 fully saturated rings. The third-order valence-electron chi connectivity index (χ3n) is 2.98. The van der Waals surface area contributed by atoms with E-state index < -0.39 is 10.0 Å². The van der Waals surface area contributed by atoms with Gasteiger partial charge in [-0.3, -0.25) is 0 Å². The number of hydrogen-bond donors (Lipinski definition) is 0. The van der Waals surface area contributed by atoms with E-state index in [4.69, 9.17) is 11.6 Å². The van der Waals surface area contributed by atoms with Gasteiger partial charge in [0.05, 0.1) is 6.33 Å². The summed E-state index contributed by atoms with van der Waals surface area (Å²) < 4.78 is 27.9. The molecule has 1 saturated heterocycles. The van der Waals surface area contributed by atoms with E-state index in [1.165, 1.54) is 15.2 Å². The molecule has 5 nitrogen and oxygen atoms in total. The fourth-order valence-electron chi connectivity index (χ4n) is 1.85. The molecule has 0 saturated carbocycles. The Morgan fingerprint density at radius 1 is 1.61 bits per heavy atom. The molecule has 1 atom stereocenters. The number of halogens is 1. The van der Waals surface area contributed by atoms with Crippen molar-refractivity contribution in [2.24, 2.45) is 7.05 Å². The number of aromatic nitrogens is 2. The number of thioether (sulfide) groups is 1.